The van der Waals surface area contributed by atoms with Gasteiger partial charge in [-0.15, -0.1) is 6.58 Å². The fourth-order valence-electron chi connectivity index (χ4n) is 2.14. The Morgan fingerprint density at radius 1 is 1.27 bits per heavy atom. The zero-order valence-corrected chi connectivity index (χ0v) is 9.32. The van der Waals surface area contributed by atoms with Gasteiger partial charge in [0.2, 0.25) is 5.91 Å². The molecule has 2 aliphatic rings. The highest BCUT2D eigenvalue weighted by atomic mass is 16.2. The first-order valence-electron chi connectivity index (χ1n) is 5.93. The summed E-state index contributed by atoms with van der Waals surface area (Å²) >= 11 is 0. The molecule has 1 aliphatic carbocycles. The molecule has 15 heavy (non-hydrogen) atoms. The van der Waals surface area contributed by atoms with Gasteiger partial charge in [0.1, 0.15) is 0 Å². The van der Waals surface area contributed by atoms with Gasteiger partial charge in [-0.3, -0.25) is 9.69 Å². The lowest BCUT2D eigenvalue weighted by molar-refractivity contribution is -0.132. The fourth-order valence-corrected chi connectivity index (χ4v) is 2.14. The van der Waals surface area contributed by atoms with E-state index in [-0.39, 0.29) is 0 Å². The third kappa shape index (κ3) is 2.81. The van der Waals surface area contributed by atoms with Gasteiger partial charge in [0.25, 0.3) is 0 Å². The topological polar surface area (TPSA) is 23.6 Å². The predicted octanol–water partition coefficient (Wildman–Crippen LogP) is 1.12. The average Bonchev–Trinajstić information content (AvgIpc) is 3.05. The minimum Gasteiger partial charge on any atom is -0.341 e. The highest BCUT2D eigenvalue weighted by Crippen LogP contribution is 2.31. The van der Waals surface area contributed by atoms with Gasteiger partial charge in [-0.2, -0.15) is 0 Å². The molecule has 1 saturated heterocycles. The summed E-state index contributed by atoms with van der Waals surface area (Å²) < 4.78 is 0. The maximum atomic E-state index is 11.9. The van der Waals surface area contributed by atoms with Crippen molar-refractivity contribution < 1.29 is 4.79 Å². The number of carbonyl (C=O) groups is 1. The molecule has 0 unspecified atom stereocenters. The Morgan fingerprint density at radius 2 is 2.07 bits per heavy atom. The average molecular weight is 208 g/mol. The smallest absolute Gasteiger partial charge is 0.225 e. The van der Waals surface area contributed by atoms with Crippen LogP contribution >= 0.6 is 0 Å². The van der Waals surface area contributed by atoms with Crippen molar-refractivity contribution >= 4 is 5.91 Å². The minimum absolute atomic E-state index is 0.371. The van der Waals surface area contributed by atoms with E-state index in [9.17, 15) is 4.79 Å². The molecule has 1 amide bonds. The SMILES string of the molecule is C=CCN1CCCN(C(=O)C2CC2)CC1. The van der Waals surface area contributed by atoms with Gasteiger partial charge in [-0.25, -0.2) is 0 Å². The maximum Gasteiger partial charge on any atom is 0.225 e. The van der Waals surface area contributed by atoms with Crippen molar-refractivity contribution in [2.24, 2.45) is 5.92 Å². The van der Waals surface area contributed by atoms with Crippen LogP contribution in [0, 0.1) is 5.92 Å². The lowest BCUT2D eigenvalue weighted by Crippen LogP contribution is -2.36. The molecule has 3 nitrogen and oxygen atoms in total. The third-order valence-corrected chi connectivity index (χ3v) is 3.21. The van der Waals surface area contributed by atoms with Crippen molar-refractivity contribution in [1.82, 2.24) is 9.80 Å². The molecule has 0 radical (unpaired) electrons. The number of nitrogens with zero attached hydrogens (tertiary/aromatic N) is 2. The van der Waals surface area contributed by atoms with Crippen molar-refractivity contribution in [3.05, 3.63) is 12.7 Å². The molecule has 0 atom stereocenters. The van der Waals surface area contributed by atoms with E-state index in [1.54, 1.807) is 0 Å². The minimum atomic E-state index is 0.371. The largest absolute Gasteiger partial charge is 0.341 e. The zero-order valence-electron chi connectivity index (χ0n) is 9.32. The standard InChI is InChI=1S/C12H20N2O/c1-2-6-13-7-3-8-14(10-9-13)12(15)11-4-5-11/h2,11H,1,3-10H2. The highest BCUT2D eigenvalue weighted by molar-refractivity contribution is 5.81. The predicted molar refractivity (Wildman–Crippen MR) is 60.6 cm³/mol. The van der Waals surface area contributed by atoms with Crippen molar-refractivity contribution in [2.75, 3.05) is 32.7 Å². The number of hydrogen-bond donors (Lipinski definition) is 0. The van der Waals surface area contributed by atoms with Crippen LogP contribution in [0.3, 0.4) is 0 Å². The first kappa shape index (κ1) is 10.7. The normalized spacial score (nSPS) is 23.6. The van der Waals surface area contributed by atoms with Gasteiger partial charge in [-0.05, 0) is 19.3 Å². The monoisotopic (exact) mass is 208 g/mol. The molecule has 0 bridgehead atoms. The number of carbonyl (C=O) groups excluding carboxylic acids is 1. The van der Waals surface area contributed by atoms with Crippen molar-refractivity contribution in [1.29, 1.82) is 0 Å². The molecule has 2 fully saturated rings. The zero-order chi connectivity index (χ0) is 10.7. The quantitative estimate of drug-likeness (QED) is 0.649. The molecule has 0 aromatic heterocycles. The molecule has 0 aromatic rings. The van der Waals surface area contributed by atoms with Crippen LogP contribution in [0.4, 0.5) is 0 Å². The van der Waals surface area contributed by atoms with Crippen LogP contribution in [-0.2, 0) is 4.79 Å². The van der Waals surface area contributed by atoms with E-state index in [0.717, 1.165) is 52.0 Å². The lowest BCUT2D eigenvalue weighted by atomic mass is 10.3. The van der Waals surface area contributed by atoms with Crippen LogP contribution in [0.5, 0.6) is 0 Å². The fraction of sp³-hybridized carbons (Fsp3) is 0.750. The van der Waals surface area contributed by atoms with Crippen LogP contribution in [0.2, 0.25) is 0 Å². The first-order chi connectivity index (χ1) is 7.31. The van der Waals surface area contributed by atoms with Gasteiger partial charge < -0.3 is 4.90 Å². The molecule has 0 spiro atoms. The molecular formula is C12H20N2O. The van der Waals surface area contributed by atoms with Crippen LogP contribution in [0.25, 0.3) is 0 Å². The molecule has 0 aromatic carbocycles. The van der Waals surface area contributed by atoms with E-state index in [0.29, 0.717) is 11.8 Å². The Balaban J connectivity index is 1.83. The number of hydrogen-bond acceptors (Lipinski definition) is 2. The molecule has 1 saturated carbocycles. The van der Waals surface area contributed by atoms with E-state index >= 15 is 0 Å². The summed E-state index contributed by atoms with van der Waals surface area (Å²) in [6.45, 7) is 8.66. The van der Waals surface area contributed by atoms with E-state index < -0.39 is 0 Å². The Labute approximate surface area is 91.7 Å². The van der Waals surface area contributed by atoms with Crippen LogP contribution in [0.1, 0.15) is 19.3 Å². The molecule has 84 valence electrons. The molecule has 2 rings (SSSR count). The second-order valence-electron chi connectivity index (χ2n) is 4.54. The van der Waals surface area contributed by atoms with Gasteiger partial charge in [-0.1, -0.05) is 6.08 Å². The second-order valence-corrected chi connectivity index (χ2v) is 4.54. The number of amides is 1. The maximum absolute atomic E-state index is 11.9. The van der Waals surface area contributed by atoms with Crippen molar-refractivity contribution in [3.63, 3.8) is 0 Å². The molecule has 1 aliphatic heterocycles. The Bertz CT molecular complexity index is 248. The van der Waals surface area contributed by atoms with E-state index in [1.807, 2.05) is 6.08 Å². The third-order valence-electron chi connectivity index (χ3n) is 3.21. The lowest BCUT2D eigenvalue weighted by Gasteiger charge is -2.21. The summed E-state index contributed by atoms with van der Waals surface area (Å²) in [7, 11) is 0. The Hall–Kier alpha value is -0.830. The molecule has 3 heteroatoms. The second kappa shape index (κ2) is 4.79. The van der Waals surface area contributed by atoms with Crippen LogP contribution < -0.4 is 0 Å². The molecule has 0 N–H and O–H groups in total. The summed E-state index contributed by atoms with van der Waals surface area (Å²) in [6, 6.07) is 0. The van der Waals surface area contributed by atoms with E-state index in [4.69, 9.17) is 0 Å². The van der Waals surface area contributed by atoms with Gasteiger partial charge in [0, 0.05) is 38.6 Å². The highest BCUT2D eigenvalue weighted by Gasteiger charge is 2.33. The summed E-state index contributed by atoms with van der Waals surface area (Å²) in [6.07, 6.45) is 5.28. The van der Waals surface area contributed by atoms with Gasteiger partial charge >= 0.3 is 0 Å². The molecule has 1 heterocycles. The molecular weight excluding hydrogens is 188 g/mol. The van der Waals surface area contributed by atoms with Crippen LogP contribution in [0.15, 0.2) is 12.7 Å². The van der Waals surface area contributed by atoms with E-state index in [2.05, 4.69) is 16.4 Å². The summed E-state index contributed by atoms with van der Waals surface area (Å²) in [5, 5.41) is 0. The van der Waals surface area contributed by atoms with E-state index in [1.165, 1.54) is 0 Å². The summed E-state index contributed by atoms with van der Waals surface area (Å²) in [5.41, 5.74) is 0. The Morgan fingerprint density at radius 3 is 2.73 bits per heavy atom. The summed E-state index contributed by atoms with van der Waals surface area (Å²) in [5.74, 6) is 0.770. The number of rotatable bonds is 3. The van der Waals surface area contributed by atoms with Crippen molar-refractivity contribution in [3.8, 4) is 0 Å². The van der Waals surface area contributed by atoms with Gasteiger partial charge in [0.05, 0.1) is 0 Å². The first-order valence-corrected chi connectivity index (χ1v) is 5.93. The Kier molecular flexibility index (Phi) is 3.41. The summed E-state index contributed by atoms with van der Waals surface area (Å²) in [4.78, 5) is 16.3. The van der Waals surface area contributed by atoms with Gasteiger partial charge in [0.15, 0.2) is 0 Å². The van der Waals surface area contributed by atoms with Crippen molar-refractivity contribution in [2.45, 2.75) is 19.3 Å². The van der Waals surface area contributed by atoms with Crippen LogP contribution in [-0.4, -0.2) is 48.4 Å².